The zero-order valence-corrected chi connectivity index (χ0v) is 17.7. The molecule has 0 spiro atoms. The van der Waals surface area contributed by atoms with Crippen molar-refractivity contribution in [1.82, 2.24) is 9.46 Å². The highest BCUT2D eigenvalue weighted by Gasteiger charge is 2.35. The van der Waals surface area contributed by atoms with Crippen LogP contribution in [0.3, 0.4) is 0 Å². The largest absolute Gasteiger partial charge is 0.497 e. The average molecular weight is 423 g/mol. The third kappa shape index (κ3) is 4.38. The first-order valence-corrected chi connectivity index (χ1v) is 10.7. The van der Waals surface area contributed by atoms with Crippen molar-refractivity contribution in [2.24, 2.45) is 5.92 Å². The zero-order chi connectivity index (χ0) is 21.2. The van der Waals surface area contributed by atoms with E-state index < -0.39 is 10.0 Å². The van der Waals surface area contributed by atoms with Crippen molar-refractivity contribution in [2.45, 2.75) is 31.6 Å². The van der Waals surface area contributed by atoms with Gasteiger partial charge in [0.15, 0.2) is 5.76 Å². The number of nitrogens with zero attached hydrogens (tertiary/aromatic N) is 2. The molecule has 1 aromatic heterocycles. The Balaban J connectivity index is 1.66. The number of aromatic nitrogens is 1. The second kappa shape index (κ2) is 8.42. The lowest BCUT2D eigenvalue weighted by Gasteiger charge is -2.30. The second-order valence-electron chi connectivity index (χ2n) is 6.92. The number of rotatable bonds is 6. The lowest BCUT2D eigenvalue weighted by molar-refractivity contribution is -0.120. The van der Waals surface area contributed by atoms with Crippen molar-refractivity contribution in [3.8, 4) is 11.5 Å². The van der Waals surface area contributed by atoms with Crippen LogP contribution >= 0.6 is 0 Å². The maximum absolute atomic E-state index is 12.9. The molecule has 1 aliphatic rings. The third-order valence-electron chi connectivity index (χ3n) is 5.01. The van der Waals surface area contributed by atoms with Crippen molar-refractivity contribution < 1.29 is 27.2 Å². The van der Waals surface area contributed by atoms with Gasteiger partial charge in [0.1, 0.15) is 22.1 Å². The standard InChI is InChI=1S/C19H25N3O6S/c1-12-18(13(2)28-21-12)29(24,25)22-7-5-14(6-8-22)19(23)20-15-9-16(26-3)11-17(10-15)27-4/h9-11,14H,5-8H2,1-4H3,(H,20,23). The van der Waals surface area contributed by atoms with Crippen LogP contribution < -0.4 is 14.8 Å². The number of piperidine rings is 1. The van der Waals surface area contributed by atoms with E-state index in [2.05, 4.69) is 10.5 Å². The minimum Gasteiger partial charge on any atom is -0.497 e. The average Bonchev–Trinajstić information content (AvgIpc) is 3.06. The summed E-state index contributed by atoms with van der Waals surface area (Å²) >= 11 is 0. The second-order valence-corrected chi connectivity index (χ2v) is 8.80. The Labute approximate surface area is 170 Å². The molecule has 2 heterocycles. The number of amides is 1. The molecule has 0 unspecified atom stereocenters. The highest BCUT2D eigenvalue weighted by Crippen LogP contribution is 2.29. The molecule has 9 nitrogen and oxygen atoms in total. The summed E-state index contributed by atoms with van der Waals surface area (Å²) in [6, 6.07) is 5.13. The molecule has 1 amide bonds. The fraction of sp³-hybridized carbons (Fsp3) is 0.474. The first kappa shape index (κ1) is 21.1. The Morgan fingerprint density at radius 2 is 1.72 bits per heavy atom. The van der Waals surface area contributed by atoms with Gasteiger partial charge in [-0.25, -0.2) is 8.42 Å². The number of aryl methyl sites for hydroxylation is 2. The van der Waals surface area contributed by atoms with Crippen LogP contribution in [0.5, 0.6) is 11.5 Å². The number of hydrogen-bond donors (Lipinski definition) is 1. The summed E-state index contributed by atoms with van der Waals surface area (Å²) in [7, 11) is -0.619. The van der Waals surface area contributed by atoms with Gasteiger partial charge in [-0.2, -0.15) is 4.31 Å². The summed E-state index contributed by atoms with van der Waals surface area (Å²) in [5.74, 6) is 0.965. The van der Waals surface area contributed by atoms with Crippen LogP contribution in [0.2, 0.25) is 0 Å². The molecule has 0 bridgehead atoms. The van der Waals surface area contributed by atoms with E-state index in [4.69, 9.17) is 14.0 Å². The highest BCUT2D eigenvalue weighted by atomic mass is 32.2. The molecule has 1 aliphatic heterocycles. The van der Waals surface area contributed by atoms with Crippen LogP contribution in [0.1, 0.15) is 24.3 Å². The van der Waals surface area contributed by atoms with E-state index in [1.165, 1.54) is 18.5 Å². The van der Waals surface area contributed by atoms with Gasteiger partial charge < -0.3 is 19.3 Å². The maximum atomic E-state index is 12.9. The number of carbonyl (C=O) groups excluding carboxylic acids is 1. The van der Waals surface area contributed by atoms with E-state index in [-0.39, 0.29) is 35.6 Å². The van der Waals surface area contributed by atoms with Gasteiger partial charge in [-0.05, 0) is 26.7 Å². The lowest BCUT2D eigenvalue weighted by Crippen LogP contribution is -2.41. The van der Waals surface area contributed by atoms with Gasteiger partial charge in [-0.3, -0.25) is 4.79 Å². The molecule has 1 aromatic carbocycles. The molecule has 1 saturated heterocycles. The minimum atomic E-state index is -3.69. The minimum absolute atomic E-state index is 0.115. The van der Waals surface area contributed by atoms with Crippen LogP contribution in [0, 0.1) is 19.8 Å². The molecular weight excluding hydrogens is 398 g/mol. The summed E-state index contributed by atoms with van der Waals surface area (Å²) < 4.78 is 42.6. The Bertz CT molecular complexity index is 952. The predicted octanol–water partition coefficient (Wildman–Crippen LogP) is 2.35. The Morgan fingerprint density at radius 1 is 1.14 bits per heavy atom. The predicted molar refractivity (Wildman–Crippen MR) is 106 cm³/mol. The van der Waals surface area contributed by atoms with Gasteiger partial charge in [0.25, 0.3) is 0 Å². The topological polar surface area (TPSA) is 111 Å². The Hall–Kier alpha value is -2.59. The quantitative estimate of drug-likeness (QED) is 0.759. The van der Waals surface area contributed by atoms with Gasteiger partial charge in [0.2, 0.25) is 15.9 Å². The number of hydrogen-bond acceptors (Lipinski definition) is 7. The molecule has 10 heteroatoms. The van der Waals surface area contributed by atoms with E-state index >= 15 is 0 Å². The zero-order valence-electron chi connectivity index (χ0n) is 16.9. The van der Waals surface area contributed by atoms with Crippen molar-refractivity contribution >= 4 is 21.6 Å². The fourth-order valence-electron chi connectivity index (χ4n) is 3.45. The molecule has 3 rings (SSSR count). The van der Waals surface area contributed by atoms with Gasteiger partial charge in [0, 0.05) is 42.9 Å². The fourth-order valence-corrected chi connectivity index (χ4v) is 5.22. The molecule has 2 aromatic rings. The van der Waals surface area contributed by atoms with Crippen LogP contribution in [-0.2, 0) is 14.8 Å². The van der Waals surface area contributed by atoms with E-state index in [1.54, 1.807) is 32.0 Å². The molecule has 1 fully saturated rings. The summed E-state index contributed by atoms with van der Waals surface area (Å²) in [4.78, 5) is 12.8. The normalized spacial score (nSPS) is 15.9. The van der Waals surface area contributed by atoms with E-state index in [0.717, 1.165) is 0 Å². The first-order chi connectivity index (χ1) is 13.8. The van der Waals surface area contributed by atoms with Gasteiger partial charge in [0.05, 0.1) is 14.2 Å². The number of methoxy groups -OCH3 is 2. The summed E-state index contributed by atoms with van der Waals surface area (Å²) in [5.41, 5.74) is 0.909. The van der Waals surface area contributed by atoms with Gasteiger partial charge in [-0.15, -0.1) is 0 Å². The first-order valence-electron chi connectivity index (χ1n) is 9.23. The molecular formula is C19H25N3O6S. The summed E-state index contributed by atoms with van der Waals surface area (Å²) in [6.07, 6.45) is 0.852. The van der Waals surface area contributed by atoms with Gasteiger partial charge >= 0.3 is 0 Å². The SMILES string of the molecule is COc1cc(NC(=O)C2CCN(S(=O)(=O)c3c(C)noc3C)CC2)cc(OC)c1. The van der Waals surface area contributed by atoms with Gasteiger partial charge in [-0.1, -0.05) is 5.16 Å². The number of anilines is 1. The number of sulfonamides is 1. The van der Waals surface area contributed by atoms with Crippen LogP contribution in [0.15, 0.2) is 27.6 Å². The number of ether oxygens (including phenoxy) is 2. The Kier molecular flexibility index (Phi) is 6.13. The maximum Gasteiger partial charge on any atom is 0.248 e. The lowest BCUT2D eigenvalue weighted by atomic mass is 9.97. The van der Waals surface area contributed by atoms with Crippen molar-refractivity contribution in [3.63, 3.8) is 0 Å². The number of benzene rings is 1. The van der Waals surface area contributed by atoms with E-state index in [1.807, 2.05) is 0 Å². The highest BCUT2D eigenvalue weighted by molar-refractivity contribution is 7.89. The third-order valence-corrected chi connectivity index (χ3v) is 7.15. The molecule has 29 heavy (non-hydrogen) atoms. The smallest absolute Gasteiger partial charge is 0.248 e. The molecule has 0 aliphatic carbocycles. The van der Waals surface area contributed by atoms with Crippen molar-refractivity contribution in [1.29, 1.82) is 0 Å². The molecule has 158 valence electrons. The van der Waals surface area contributed by atoms with Crippen LogP contribution in [0.4, 0.5) is 5.69 Å². The number of nitrogens with one attached hydrogen (secondary N) is 1. The summed E-state index contributed by atoms with van der Waals surface area (Å²) in [5, 5.41) is 6.60. The molecule has 0 saturated carbocycles. The van der Waals surface area contributed by atoms with Crippen molar-refractivity contribution in [2.75, 3.05) is 32.6 Å². The van der Waals surface area contributed by atoms with E-state index in [0.29, 0.717) is 35.7 Å². The van der Waals surface area contributed by atoms with Crippen LogP contribution in [0.25, 0.3) is 0 Å². The Morgan fingerprint density at radius 3 is 2.21 bits per heavy atom. The van der Waals surface area contributed by atoms with Crippen molar-refractivity contribution in [3.05, 3.63) is 29.7 Å². The number of carbonyl (C=O) groups is 1. The molecule has 0 atom stereocenters. The van der Waals surface area contributed by atoms with Crippen LogP contribution in [-0.4, -0.2) is 51.1 Å². The van der Waals surface area contributed by atoms with E-state index in [9.17, 15) is 13.2 Å². The summed E-state index contributed by atoms with van der Waals surface area (Å²) in [6.45, 7) is 3.69. The molecule has 0 radical (unpaired) electrons. The molecule has 1 N–H and O–H groups in total. The monoisotopic (exact) mass is 423 g/mol.